The summed E-state index contributed by atoms with van der Waals surface area (Å²) in [6, 6.07) is 2.32. The van der Waals surface area contributed by atoms with E-state index in [0.29, 0.717) is 12.1 Å². The molecule has 1 aromatic carbocycles. The van der Waals surface area contributed by atoms with E-state index < -0.39 is 38.9 Å². The highest BCUT2D eigenvalue weighted by atomic mass is 32.2. The Balaban J connectivity index is 2.85. The van der Waals surface area contributed by atoms with E-state index in [9.17, 15) is 34.8 Å². The van der Waals surface area contributed by atoms with E-state index in [-0.39, 0.29) is 5.69 Å². The van der Waals surface area contributed by atoms with Gasteiger partial charge in [0.15, 0.2) is 0 Å². The maximum absolute atomic E-state index is 12.3. The van der Waals surface area contributed by atoms with Crippen molar-refractivity contribution in [2.75, 3.05) is 5.32 Å². The number of sulfone groups is 1. The molecule has 1 unspecified atom stereocenters. The van der Waals surface area contributed by atoms with Crippen molar-refractivity contribution in [3.8, 4) is 0 Å². The summed E-state index contributed by atoms with van der Waals surface area (Å²) in [4.78, 5) is -0.968. The van der Waals surface area contributed by atoms with Crippen molar-refractivity contribution >= 4 is 15.5 Å². The van der Waals surface area contributed by atoms with Crippen LogP contribution in [0.25, 0.3) is 0 Å². The fourth-order valence-electron chi connectivity index (χ4n) is 1.55. The Morgan fingerprint density at radius 1 is 1.05 bits per heavy atom. The third-order valence-corrected chi connectivity index (χ3v) is 3.92. The van der Waals surface area contributed by atoms with Gasteiger partial charge >= 0.3 is 11.7 Å². The van der Waals surface area contributed by atoms with Gasteiger partial charge in [-0.2, -0.15) is 26.3 Å². The Bertz CT molecular complexity index is 576. The molecule has 10 heteroatoms. The third-order valence-electron chi connectivity index (χ3n) is 2.42. The maximum Gasteiger partial charge on any atom is 0.501 e. The highest BCUT2D eigenvalue weighted by Gasteiger charge is 2.46. The molecule has 1 N–H and O–H groups in total. The number of benzene rings is 1. The summed E-state index contributed by atoms with van der Waals surface area (Å²) in [6.07, 6.45) is -5.51. The number of halogens is 6. The zero-order chi connectivity index (χ0) is 16.5. The van der Waals surface area contributed by atoms with Gasteiger partial charge in [0.1, 0.15) is 0 Å². The van der Waals surface area contributed by atoms with Crippen LogP contribution in [0.15, 0.2) is 29.2 Å². The van der Waals surface area contributed by atoms with Crippen LogP contribution in [0, 0.1) is 0 Å². The molecule has 0 amide bonds. The Morgan fingerprint density at radius 3 is 1.90 bits per heavy atom. The average Bonchev–Trinajstić information content (AvgIpc) is 2.25. The first kappa shape index (κ1) is 17.6. The van der Waals surface area contributed by atoms with Gasteiger partial charge < -0.3 is 5.32 Å². The third kappa shape index (κ3) is 4.80. The average molecular weight is 335 g/mol. The van der Waals surface area contributed by atoms with E-state index in [1.807, 2.05) is 0 Å². The van der Waals surface area contributed by atoms with Gasteiger partial charge in [0.25, 0.3) is 9.84 Å². The van der Waals surface area contributed by atoms with Gasteiger partial charge in [-0.3, -0.25) is 0 Å². The molecule has 1 aromatic rings. The fourth-order valence-corrected chi connectivity index (χ4v) is 2.31. The second-order valence-electron chi connectivity index (χ2n) is 4.34. The first-order valence-corrected chi connectivity index (χ1v) is 7.06. The van der Waals surface area contributed by atoms with E-state index in [1.54, 1.807) is 0 Å². The predicted molar refractivity (Wildman–Crippen MR) is 63.4 cm³/mol. The molecular formula is C11H11F6NO2S. The molecule has 0 aliphatic carbocycles. The van der Waals surface area contributed by atoms with Crippen LogP contribution in [-0.4, -0.2) is 26.1 Å². The molecule has 0 saturated heterocycles. The molecule has 1 atom stereocenters. The van der Waals surface area contributed by atoms with E-state index in [1.165, 1.54) is 6.92 Å². The van der Waals surface area contributed by atoms with Crippen LogP contribution < -0.4 is 5.32 Å². The minimum absolute atomic E-state index is 0.0906. The SMILES string of the molecule is CC(CC(F)(F)F)Nc1ccc(S(=O)(=O)C(F)(F)F)cc1. The fraction of sp³-hybridized carbons (Fsp3) is 0.455. The molecule has 3 nitrogen and oxygen atoms in total. The molecule has 120 valence electrons. The Morgan fingerprint density at radius 2 is 1.52 bits per heavy atom. The molecule has 0 aromatic heterocycles. The number of hydrogen-bond acceptors (Lipinski definition) is 3. The van der Waals surface area contributed by atoms with Crippen molar-refractivity contribution in [3.05, 3.63) is 24.3 Å². The lowest BCUT2D eigenvalue weighted by Gasteiger charge is -2.17. The number of hydrogen-bond donors (Lipinski definition) is 1. The first-order valence-electron chi connectivity index (χ1n) is 5.57. The van der Waals surface area contributed by atoms with Crippen LogP contribution in [-0.2, 0) is 9.84 Å². The second kappa shape index (κ2) is 5.74. The lowest BCUT2D eigenvalue weighted by Crippen LogP contribution is -2.24. The normalized spacial score (nSPS) is 14.8. The van der Waals surface area contributed by atoms with Crippen molar-refractivity contribution in [1.29, 1.82) is 0 Å². The second-order valence-corrected chi connectivity index (χ2v) is 6.28. The van der Waals surface area contributed by atoms with Crippen LogP contribution in [0.3, 0.4) is 0 Å². The molecule has 0 bridgehead atoms. The van der Waals surface area contributed by atoms with Crippen LogP contribution in [0.4, 0.5) is 32.0 Å². The van der Waals surface area contributed by atoms with Gasteiger partial charge in [-0.25, -0.2) is 8.42 Å². The van der Waals surface area contributed by atoms with Crippen LogP contribution >= 0.6 is 0 Å². The standard InChI is InChI=1S/C11H11F6NO2S/c1-7(6-10(12,13)14)18-8-2-4-9(5-3-8)21(19,20)11(15,16)17/h2-5,7,18H,6H2,1H3. The zero-order valence-electron chi connectivity index (χ0n) is 10.6. The number of anilines is 1. The molecule has 1 rings (SSSR count). The van der Waals surface area contributed by atoms with E-state index >= 15 is 0 Å². The highest BCUT2D eigenvalue weighted by molar-refractivity contribution is 7.92. The summed E-state index contributed by atoms with van der Waals surface area (Å²) in [5.74, 6) is 0. The smallest absolute Gasteiger partial charge is 0.382 e. The minimum atomic E-state index is -5.46. The van der Waals surface area contributed by atoms with E-state index in [0.717, 1.165) is 12.1 Å². The van der Waals surface area contributed by atoms with E-state index in [4.69, 9.17) is 0 Å². The molecule has 0 heterocycles. The molecule has 21 heavy (non-hydrogen) atoms. The number of nitrogens with one attached hydrogen (secondary N) is 1. The lowest BCUT2D eigenvalue weighted by atomic mass is 10.2. The topological polar surface area (TPSA) is 46.2 Å². The van der Waals surface area contributed by atoms with Crippen LogP contribution in [0.1, 0.15) is 13.3 Å². The molecular weight excluding hydrogens is 324 g/mol. The van der Waals surface area contributed by atoms with Crippen molar-refractivity contribution in [2.24, 2.45) is 0 Å². The van der Waals surface area contributed by atoms with Crippen LogP contribution in [0.2, 0.25) is 0 Å². The molecule has 0 aliphatic rings. The van der Waals surface area contributed by atoms with Gasteiger partial charge in [0, 0.05) is 11.7 Å². The van der Waals surface area contributed by atoms with Crippen LogP contribution in [0.5, 0.6) is 0 Å². The minimum Gasteiger partial charge on any atom is -0.382 e. The molecule has 0 saturated carbocycles. The van der Waals surface area contributed by atoms with Gasteiger partial charge in [-0.1, -0.05) is 0 Å². The number of rotatable bonds is 4. The quantitative estimate of drug-likeness (QED) is 0.853. The van der Waals surface area contributed by atoms with Crippen molar-refractivity contribution in [2.45, 2.75) is 36.0 Å². The Labute approximate surface area is 116 Å². The van der Waals surface area contributed by atoms with Gasteiger partial charge in [-0.05, 0) is 31.2 Å². The van der Waals surface area contributed by atoms with Gasteiger partial charge in [0.05, 0.1) is 11.3 Å². The van der Waals surface area contributed by atoms with Crippen molar-refractivity contribution in [1.82, 2.24) is 0 Å². The summed E-state index contributed by atoms with van der Waals surface area (Å²) in [7, 11) is -5.46. The molecule has 0 spiro atoms. The highest BCUT2D eigenvalue weighted by Crippen LogP contribution is 2.31. The maximum atomic E-state index is 12.3. The van der Waals surface area contributed by atoms with E-state index in [2.05, 4.69) is 5.32 Å². The van der Waals surface area contributed by atoms with Crippen molar-refractivity contribution in [3.63, 3.8) is 0 Å². The molecule has 0 fully saturated rings. The predicted octanol–water partition coefficient (Wildman–Crippen LogP) is 3.73. The summed E-state index contributed by atoms with van der Waals surface area (Å²) >= 11 is 0. The summed E-state index contributed by atoms with van der Waals surface area (Å²) in [5.41, 5.74) is -5.33. The van der Waals surface area contributed by atoms with Gasteiger partial charge in [-0.15, -0.1) is 0 Å². The van der Waals surface area contributed by atoms with Gasteiger partial charge in [0.2, 0.25) is 0 Å². The Hall–Kier alpha value is -1.45. The van der Waals surface area contributed by atoms with Crippen molar-refractivity contribution < 1.29 is 34.8 Å². The monoisotopic (exact) mass is 335 g/mol. The largest absolute Gasteiger partial charge is 0.501 e. The summed E-state index contributed by atoms with van der Waals surface area (Å²) in [5, 5.41) is 2.42. The zero-order valence-corrected chi connectivity index (χ0v) is 11.4. The Kier molecular flexibility index (Phi) is 4.81. The summed E-state index contributed by atoms with van der Waals surface area (Å²) < 4.78 is 95.4. The first-order chi connectivity index (χ1) is 9.33. The summed E-state index contributed by atoms with van der Waals surface area (Å²) in [6.45, 7) is 1.24. The lowest BCUT2D eigenvalue weighted by molar-refractivity contribution is -0.136. The number of alkyl halides is 6. The molecule has 0 aliphatic heterocycles. The molecule has 0 radical (unpaired) electrons.